The van der Waals surface area contributed by atoms with Gasteiger partial charge in [-0.3, -0.25) is 4.79 Å². The highest BCUT2D eigenvalue weighted by Gasteiger charge is 2.15. The second kappa shape index (κ2) is 7.67. The number of aliphatic carboxylic acids is 1. The molecule has 0 aliphatic rings. The van der Waals surface area contributed by atoms with Gasteiger partial charge in [-0.1, -0.05) is 47.1 Å². The maximum absolute atomic E-state index is 10.9. The van der Waals surface area contributed by atoms with Crippen LogP contribution in [0.2, 0.25) is 10.2 Å². The Balaban J connectivity index is 2.06. The van der Waals surface area contributed by atoms with Gasteiger partial charge >= 0.3 is 5.97 Å². The van der Waals surface area contributed by atoms with E-state index in [1.54, 1.807) is 25.1 Å². The number of carboxylic acids is 1. The Morgan fingerprint density at radius 2 is 2.00 bits per heavy atom. The summed E-state index contributed by atoms with van der Waals surface area (Å²) in [6.45, 7) is 2.11. The van der Waals surface area contributed by atoms with Crippen LogP contribution in [0.25, 0.3) is 0 Å². The monoisotopic (exact) mass is 357 g/mol. The van der Waals surface area contributed by atoms with Gasteiger partial charge in [-0.25, -0.2) is 9.97 Å². The number of anilines is 1. The van der Waals surface area contributed by atoms with Gasteiger partial charge in [0, 0.05) is 17.6 Å². The van der Waals surface area contributed by atoms with E-state index in [0.29, 0.717) is 22.5 Å². The summed E-state index contributed by atoms with van der Waals surface area (Å²) in [5, 5.41) is 12.6. The first-order chi connectivity index (χ1) is 10.4. The van der Waals surface area contributed by atoms with E-state index in [-0.39, 0.29) is 5.15 Å². The Hall–Kier alpha value is -1.50. The summed E-state index contributed by atoms with van der Waals surface area (Å²) in [6.07, 6.45) is 0. The summed E-state index contributed by atoms with van der Waals surface area (Å²) in [4.78, 5) is 19.2. The topological polar surface area (TPSA) is 75.1 Å². The van der Waals surface area contributed by atoms with Crippen molar-refractivity contribution in [2.24, 2.45) is 0 Å². The summed E-state index contributed by atoms with van der Waals surface area (Å²) >= 11 is 12.8. The summed E-state index contributed by atoms with van der Waals surface area (Å²) in [5.74, 6) is -0.390. The molecule has 0 fully saturated rings. The molecule has 0 aliphatic heterocycles. The Kier molecular flexibility index (Phi) is 5.88. The third kappa shape index (κ3) is 5.05. The number of benzene rings is 1. The molecule has 0 bridgehead atoms. The van der Waals surface area contributed by atoms with Crippen LogP contribution < -0.4 is 5.32 Å². The van der Waals surface area contributed by atoms with Crippen molar-refractivity contribution in [1.29, 1.82) is 0 Å². The van der Waals surface area contributed by atoms with Gasteiger partial charge in [0.15, 0.2) is 5.16 Å². The van der Waals surface area contributed by atoms with Crippen LogP contribution in [-0.4, -0.2) is 26.3 Å². The number of aromatic nitrogens is 2. The molecule has 5 nitrogen and oxygen atoms in total. The van der Waals surface area contributed by atoms with Crippen molar-refractivity contribution in [2.45, 2.75) is 23.9 Å². The van der Waals surface area contributed by atoms with E-state index < -0.39 is 11.2 Å². The van der Waals surface area contributed by atoms with Gasteiger partial charge in [-0.05, 0) is 24.6 Å². The molecule has 0 amide bonds. The van der Waals surface area contributed by atoms with Gasteiger partial charge in [-0.2, -0.15) is 0 Å². The van der Waals surface area contributed by atoms with Crippen LogP contribution in [0.3, 0.4) is 0 Å². The van der Waals surface area contributed by atoms with Crippen molar-refractivity contribution in [3.05, 3.63) is 46.1 Å². The molecule has 1 heterocycles. The summed E-state index contributed by atoms with van der Waals surface area (Å²) in [7, 11) is 0. The first-order valence-corrected chi connectivity index (χ1v) is 8.00. The van der Waals surface area contributed by atoms with Crippen molar-refractivity contribution in [3.63, 3.8) is 0 Å². The lowest BCUT2D eigenvalue weighted by Gasteiger charge is -2.09. The highest BCUT2D eigenvalue weighted by atomic mass is 35.5. The summed E-state index contributed by atoms with van der Waals surface area (Å²) in [6, 6.07) is 9.01. The van der Waals surface area contributed by atoms with Crippen molar-refractivity contribution in [1.82, 2.24) is 9.97 Å². The fourth-order valence-electron chi connectivity index (χ4n) is 1.54. The van der Waals surface area contributed by atoms with Crippen molar-refractivity contribution < 1.29 is 9.90 Å². The molecule has 1 unspecified atom stereocenters. The quantitative estimate of drug-likeness (QED) is 0.463. The summed E-state index contributed by atoms with van der Waals surface area (Å²) < 4.78 is 0. The Bertz CT molecular complexity index is 668. The van der Waals surface area contributed by atoms with Crippen LogP contribution >= 0.6 is 35.0 Å². The van der Waals surface area contributed by atoms with Crippen LogP contribution in [0.5, 0.6) is 0 Å². The fraction of sp³-hybridized carbons (Fsp3) is 0.214. The molecule has 0 saturated heterocycles. The number of carbonyl (C=O) groups is 1. The predicted octanol–water partition coefficient (Wildman–Crippen LogP) is 3.96. The molecule has 22 heavy (non-hydrogen) atoms. The van der Waals surface area contributed by atoms with E-state index in [1.807, 2.05) is 12.1 Å². The molecule has 0 spiro atoms. The maximum Gasteiger partial charge on any atom is 0.316 e. The van der Waals surface area contributed by atoms with E-state index in [1.165, 1.54) is 0 Å². The van der Waals surface area contributed by atoms with Gasteiger partial charge in [0.2, 0.25) is 0 Å². The van der Waals surface area contributed by atoms with E-state index in [4.69, 9.17) is 28.3 Å². The normalized spacial score (nSPS) is 12.0. The van der Waals surface area contributed by atoms with E-state index >= 15 is 0 Å². The zero-order chi connectivity index (χ0) is 16.1. The molecule has 1 atom stereocenters. The second-order valence-electron chi connectivity index (χ2n) is 4.44. The second-order valence-corrected chi connectivity index (χ2v) is 6.57. The molecule has 2 aromatic rings. The molecular formula is C14H13Cl2N3O2S. The molecule has 0 saturated carbocycles. The van der Waals surface area contributed by atoms with Crippen LogP contribution in [-0.2, 0) is 11.3 Å². The number of rotatable bonds is 6. The van der Waals surface area contributed by atoms with Gasteiger partial charge in [0.05, 0.1) is 0 Å². The standard InChI is InChI=1S/C14H13Cl2N3O2S/c1-8(13(20)21)22-14-18-11(16)6-12(19-14)17-7-9-2-4-10(15)5-3-9/h2-6,8H,7H2,1H3,(H,20,21)(H,17,18,19). The largest absolute Gasteiger partial charge is 0.480 e. The van der Waals surface area contributed by atoms with Crippen molar-refractivity contribution in [2.75, 3.05) is 5.32 Å². The van der Waals surface area contributed by atoms with Crippen LogP contribution in [0, 0.1) is 0 Å². The number of hydrogen-bond acceptors (Lipinski definition) is 5. The highest BCUT2D eigenvalue weighted by molar-refractivity contribution is 8.00. The first-order valence-electron chi connectivity index (χ1n) is 6.36. The molecule has 0 radical (unpaired) electrons. The predicted molar refractivity (Wildman–Crippen MR) is 88.8 cm³/mol. The highest BCUT2D eigenvalue weighted by Crippen LogP contribution is 2.23. The van der Waals surface area contributed by atoms with Gasteiger partial charge in [0.1, 0.15) is 16.2 Å². The van der Waals surface area contributed by atoms with E-state index in [9.17, 15) is 4.79 Å². The Morgan fingerprint density at radius 3 is 2.64 bits per heavy atom. The lowest BCUT2D eigenvalue weighted by molar-refractivity contribution is -0.136. The molecule has 8 heteroatoms. The average molecular weight is 358 g/mol. The molecular weight excluding hydrogens is 345 g/mol. The summed E-state index contributed by atoms with van der Waals surface area (Å²) in [5.41, 5.74) is 1.03. The van der Waals surface area contributed by atoms with Gasteiger partial charge in [0.25, 0.3) is 0 Å². The van der Waals surface area contributed by atoms with E-state index in [0.717, 1.165) is 17.3 Å². The molecule has 1 aromatic heterocycles. The fourth-order valence-corrected chi connectivity index (χ4v) is 2.62. The third-order valence-corrected chi connectivity index (χ3v) is 4.09. The smallest absolute Gasteiger partial charge is 0.316 e. The molecule has 2 rings (SSSR count). The zero-order valence-electron chi connectivity index (χ0n) is 11.6. The van der Waals surface area contributed by atoms with Crippen molar-refractivity contribution >= 4 is 46.8 Å². The molecule has 2 N–H and O–H groups in total. The molecule has 116 valence electrons. The van der Waals surface area contributed by atoms with Gasteiger partial charge in [-0.15, -0.1) is 0 Å². The minimum absolute atomic E-state index is 0.258. The van der Waals surface area contributed by atoms with Crippen molar-refractivity contribution in [3.8, 4) is 0 Å². The Morgan fingerprint density at radius 1 is 1.32 bits per heavy atom. The molecule has 1 aromatic carbocycles. The van der Waals surface area contributed by atoms with Gasteiger partial charge < -0.3 is 10.4 Å². The molecule has 0 aliphatic carbocycles. The minimum atomic E-state index is -0.927. The number of nitrogens with zero attached hydrogens (tertiary/aromatic N) is 2. The van der Waals surface area contributed by atoms with Crippen LogP contribution in [0.4, 0.5) is 5.82 Å². The van der Waals surface area contributed by atoms with Crippen LogP contribution in [0.1, 0.15) is 12.5 Å². The third-order valence-electron chi connectivity index (χ3n) is 2.69. The van der Waals surface area contributed by atoms with E-state index in [2.05, 4.69) is 15.3 Å². The van der Waals surface area contributed by atoms with Crippen LogP contribution in [0.15, 0.2) is 35.5 Å². The number of halogens is 2. The number of nitrogens with one attached hydrogen (secondary N) is 1. The lowest BCUT2D eigenvalue weighted by Crippen LogP contribution is -2.12. The number of carboxylic acid groups (broad SMARTS) is 1. The lowest BCUT2D eigenvalue weighted by atomic mass is 10.2. The maximum atomic E-state index is 10.9. The Labute approximate surface area is 142 Å². The first kappa shape index (κ1) is 16.9. The number of thioether (sulfide) groups is 1. The SMILES string of the molecule is CC(Sc1nc(Cl)cc(NCc2ccc(Cl)cc2)n1)C(=O)O. The zero-order valence-corrected chi connectivity index (χ0v) is 13.9. The minimum Gasteiger partial charge on any atom is -0.480 e. The average Bonchev–Trinajstić information content (AvgIpc) is 2.46. The number of hydrogen-bond donors (Lipinski definition) is 2.